The van der Waals surface area contributed by atoms with E-state index in [9.17, 15) is 29.7 Å². The Morgan fingerprint density at radius 2 is 1.94 bits per heavy atom. The maximum absolute atomic E-state index is 12.4. The Hall–Kier alpha value is -1.41. The lowest BCUT2D eigenvalue weighted by atomic mass is 9.46. The van der Waals surface area contributed by atoms with E-state index in [0.29, 0.717) is 18.4 Å². The topological polar surface area (TPSA) is 121 Å². The van der Waals surface area contributed by atoms with Crippen LogP contribution in [0.15, 0.2) is 23.8 Å². The molecule has 170 valence electrons. The van der Waals surface area contributed by atoms with E-state index in [1.54, 1.807) is 13.0 Å². The molecule has 3 fully saturated rings. The number of ketones is 1. The number of rotatable bonds is 3. The average Bonchev–Trinajstić information content (AvgIpc) is 2.96. The number of fused-ring (bicyclic) bond motifs is 5. The van der Waals surface area contributed by atoms with Gasteiger partial charge in [-0.2, -0.15) is 0 Å². The van der Waals surface area contributed by atoms with Gasteiger partial charge in [0.05, 0.1) is 12.2 Å². The lowest BCUT2D eigenvalue weighted by Gasteiger charge is -2.60. The smallest absolute Gasteiger partial charge is 0.348 e. The Kier molecular flexibility index (Phi) is 5.36. The summed E-state index contributed by atoms with van der Waals surface area (Å²) in [6, 6.07) is 0. The molecule has 0 spiro atoms. The number of esters is 1. The van der Waals surface area contributed by atoms with Crippen molar-refractivity contribution < 1.29 is 34.4 Å². The monoisotopic (exact) mass is 472 g/mol. The van der Waals surface area contributed by atoms with Crippen LogP contribution in [-0.4, -0.2) is 55.7 Å². The largest absolute Gasteiger partial charge is 0.478 e. The molecule has 0 aliphatic heterocycles. The number of halogens is 2. The maximum Gasteiger partial charge on any atom is 0.348 e. The summed E-state index contributed by atoms with van der Waals surface area (Å²) in [4.78, 5) is 35.1. The van der Waals surface area contributed by atoms with Gasteiger partial charge in [-0.1, -0.05) is 43.1 Å². The summed E-state index contributed by atoms with van der Waals surface area (Å²) in [6.45, 7) is 3.63. The van der Waals surface area contributed by atoms with Crippen LogP contribution in [0.3, 0.4) is 0 Å². The summed E-state index contributed by atoms with van der Waals surface area (Å²) >= 11 is 11.3. The second kappa shape index (κ2) is 7.30. The van der Waals surface area contributed by atoms with Gasteiger partial charge >= 0.3 is 11.9 Å². The Morgan fingerprint density at radius 3 is 2.55 bits per heavy atom. The average molecular weight is 473 g/mol. The molecule has 4 rings (SSSR count). The Bertz CT molecular complexity index is 898. The van der Waals surface area contributed by atoms with Gasteiger partial charge in [0, 0.05) is 16.7 Å². The number of alkyl halides is 2. The standard InChI is InChI=1S/C22H26Cl2O7/c1-20-5-3-10(25)7-13(20)14(26)8-11-12-4-6-22(19(29)30,31-18(28)17(23)24)21(12,2)9-15(27)16(11)20/h3,5,7,11-12,14-17,26-27H,4,6,8-9H2,1-2H3,(H,29,30)/t11-,12-,14+,15-,16+,20-,21-,22-/m0/s1. The molecule has 0 aromatic rings. The molecular formula is C22H26Cl2O7. The SMILES string of the molecule is C[C@]12C=CC(=O)C=C1[C@H](O)C[C@@H]1[C@@H]2[C@@H](O)C[C@@]2(C)[C@H]1CC[C@]2(OC(=O)C(Cl)Cl)C(=O)O. The van der Waals surface area contributed by atoms with Crippen molar-refractivity contribution in [2.75, 3.05) is 0 Å². The van der Waals surface area contributed by atoms with Gasteiger partial charge in [0.15, 0.2) is 5.78 Å². The molecule has 0 radical (unpaired) electrons. The molecule has 0 heterocycles. The fraction of sp³-hybridized carbons (Fsp3) is 0.682. The third-order valence-electron chi connectivity index (χ3n) is 8.43. The zero-order chi connectivity index (χ0) is 22.9. The number of aliphatic carboxylic acids is 1. The molecule has 4 aliphatic carbocycles. The summed E-state index contributed by atoms with van der Waals surface area (Å²) < 4.78 is 5.45. The van der Waals surface area contributed by atoms with E-state index >= 15 is 0 Å². The maximum atomic E-state index is 12.4. The lowest BCUT2D eigenvalue weighted by Crippen LogP contribution is -2.63. The second-order valence-corrected chi connectivity index (χ2v) is 10.8. The third-order valence-corrected chi connectivity index (χ3v) is 8.79. The summed E-state index contributed by atoms with van der Waals surface area (Å²) in [5.41, 5.74) is -3.09. The molecule has 8 atom stereocenters. The van der Waals surface area contributed by atoms with Crippen LogP contribution in [0, 0.1) is 28.6 Å². The van der Waals surface area contributed by atoms with E-state index in [0.717, 1.165) is 0 Å². The van der Waals surface area contributed by atoms with Gasteiger partial charge in [-0.05, 0) is 55.2 Å². The van der Waals surface area contributed by atoms with Gasteiger partial charge < -0.3 is 20.1 Å². The number of aliphatic hydroxyl groups is 2. The number of carbonyl (C=O) groups is 3. The highest BCUT2D eigenvalue weighted by Gasteiger charge is 2.71. The van der Waals surface area contributed by atoms with Crippen molar-refractivity contribution in [1.82, 2.24) is 0 Å². The van der Waals surface area contributed by atoms with E-state index in [-0.39, 0.29) is 36.4 Å². The number of allylic oxidation sites excluding steroid dienone is 3. The molecule has 31 heavy (non-hydrogen) atoms. The molecule has 3 N–H and O–H groups in total. The molecule has 9 heteroatoms. The van der Waals surface area contributed by atoms with Crippen LogP contribution in [0.25, 0.3) is 0 Å². The Balaban J connectivity index is 1.77. The number of ether oxygens (including phenoxy) is 1. The van der Waals surface area contributed by atoms with Crippen LogP contribution in [0.1, 0.15) is 39.5 Å². The van der Waals surface area contributed by atoms with Gasteiger partial charge in [0.25, 0.3) is 0 Å². The van der Waals surface area contributed by atoms with Gasteiger partial charge in [0.2, 0.25) is 10.4 Å². The highest BCUT2D eigenvalue weighted by molar-refractivity contribution is 6.53. The van der Waals surface area contributed by atoms with Crippen molar-refractivity contribution in [2.24, 2.45) is 28.6 Å². The minimum Gasteiger partial charge on any atom is -0.478 e. The fourth-order valence-electron chi connectivity index (χ4n) is 7.15. The van der Waals surface area contributed by atoms with E-state index in [1.165, 1.54) is 12.2 Å². The highest BCUT2D eigenvalue weighted by atomic mass is 35.5. The predicted octanol–water partition coefficient (Wildman–Crippen LogP) is 2.41. The number of aliphatic hydroxyl groups excluding tert-OH is 2. The summed E-state index contributed by atoms with van der Waals surface area (Å²) in [7, 11) is 0. The van der Waals surface area contributed by atoms with Crippen molar-refractivity contribution in [3.63, 3.8) is 0 Å². The van der Waals surface area contributed by atoms with Crippen LogP contribution in [0.2, 0.25) is 0 Å². The van der Waals surface area contributed by atoms with Crippen LogP contribution in [0.4, 0.5) is 0 Å². The molecule has 7 nitrogen and oxygen atoms in total. The molecule has 0 aromatic carbocycles. The first-order valence-corrected chi connectivity index (χ1v) is 11.3. The second-order valence-electron chi connectivity index (χ2n) is 9.75. The molecule has 0 bridgehead atoms. The van der Waals surface area contributed by atoms with E-state index < -0.39 is 45.4 Å². The highest BCUT2D eigenvalue weighted by Crippen LogP contribution is 2.67. The Labute approximate surface area is 190 Å². The summed E-state index contributed by atoms with van der Waals surface area (Å²) in [5.74, 6) is -3.29. The minimum absolute atomic E-state index is 0.0650. The summed E-state index contributed by atoms with van der Waals surface area (Å²) in [6.07, 6.45) is 3.74. The van der Waals surface area contributed by atoms with Gasteiger partial charge in [-0.3, -0.25) is 4.79 Å². The third kappa shape index (κ3) is 3.04. The van der Waals surface area contributed by atoms with Crippen molar-refractivity contribution in [3.05, 3.63) is 23.8 Å². The van der Waals surface area contributed by atoms with Crippen LogP contribution in [0.5, 0.6) is 0 Å². The molecule has 0 saturated heterocycles. The zero-order valence-corrected chi connectivity index (χ0v) is 18.8. The minimum atomic E-state index is -1.87. The number of hydrogen-bond donors (Lipinski definition) is 3. The first-order chi connectivity index (χ1) is 14.4. The first kappa shape index (κ1) is 22.8. The molecule has 0 amide bonds. The number of hydrogen-bond acceptors (Lipinski definition) is 6. The molecule has 4 aliphatic rings. The van der Waals surface area contributed by atoms with Crippen LogP contribution in [-0.2, 0) is 19.1 Å². The lowest BCUT2D eigenvalue weighted by molar-refractivity contribution is -0.210. The first-order valence-electron chi connectivity index (χ1n) is 10.4. The van der Waals surface area contributed by atoms with Crippen LogP contribution >= 0.6 is 23.2 Å². The van der Waals surface area contributed by atoms with Gasteiger partial charge in [0.1, 0.15) is 0 Å². The van der Waals surface area contributed by atoms with Gasteiger partial charge in [-0.15, -0.1) is 0 Å². The van der Waals surface area contributed by atoms with E-state index in [1.807, 2.05) is 6.92 Å². The van der Waals surface area contributed by atoms with Crippen molar-refractivity contribution in [2.45, 2.75) is 62.2 Å². The number of carbonyl (C=O) groups excluding carboxylic acids is 2. The van der Waals surface area contributed by atoms with Crippen molar-refractivity contribution >= 4 is 40.9 Å². The molecule has 0 aromatic heterocycles. The molecule has 0 unspecified atom stereocenters. The number of carboxylic acids is 1. The molecule has 3 saturated carbocycles. The van der Waals surface area contributed by atoms with E-state index in [4.69, 9.17) is 27.9 Å². The predicted molar refractivity (Wildman–Crippen MR) is 111 cm³/mol. The number of carboxylic acid groups (broad SMARTS) is 1. The Morgan fingerprint density at radius 1 is 1.26 bits per heavy atom. The van der Waals surface area contributed by atoms with E-state index in [2.05, 4.69) is 0 Å². The van der Waals surface area contributed by atoms with Crippen molar-refractivity contribution in [1.29, 1.82) is 0 Å². The van der Waals surface area contributed by atoms with Crippen LogP contribution < -0.4 is 0 Å². The van der Waals surface area contributed by atoms with Gasteiger partial charge in [-0.25, -0.2) is 9.59 Å². The summed E-state index contributed by atoms with van der Waals surface area (Å²) in [5, 5.41) is 32.4. The normalized spacial score (nSPS) is 46.1. The van der Waals surface area contributed by atoms with Crippen molar-refractivity contribution in [3.8, 4) is 0 Å². The molecular weight excluding hydrogens is 447 g/mol. The zero-order valence-electron chi connectivity index (χ0n) is 17.3. The fourth-order valence-corrected chi connectivity index (χ4v) is 7.24. The quantitative estimate of drug-likeness (QED) is 0.425.